The van der Waals surface area contributed by atoms with Crippen molar-refractivity contribution < 1.29 is 4.74 Å². The molecule has 2 heterocycles. The summed E-state index contributed by atoms with van der Waals surface area (Å²) in [7, 11) is 0. The number of rotatable bonds is 6. The monoisotopic (exact) mass is 301 g/mol. The summed E-state index contributed by atoms with van der Waals surface area (Å²) in [6.07, 6.45) is 8.20. The van der Waals surface area contributed by atoms with E-state index in [-0.39, 0.29) is 0 Å². The number of pyridine rings is 1. The van der Waals surface area contributed by atoms with Crippen molar-refractivity contribution in [2.75, 3.05) is 6.61 Å². The molecule has 2 nitrogen and oxygen atoms in total. The Hall–Kier alpha value is -1.22. The van der Waals surface area contributed by atoms with Crippen molar-refractivity contribution in [1.29, 1.82) is 0 Å². The zero-order chi connectivity index (χ0) is 14.7. The van der Waals surface area contributed by atoms with E-state index < -0.39 is 0 Å². The second kappa shape index (κ2) is 6.69. The quantitative estimate of drug-likeness (QED) is 0.729. The van der Waals surface area contributed by atoms with Gasteiger partial charge in [0.2, 0.25) is 0 Å². The second-order valence-electron chi connectivity index (χ2n) is 5.73. The maximum absolute atomic E-state index is 5.71. The van der Waals surface area contributed by atoms with Gasteiger partial charge in [0.1, 0.15) is 5.75 Å². The molecule has 1 aliphatic rings. The van der Waals surface area contributed by atoms with Crippen LogP contribution in [-0.4, -0.2) is 16.8 Å². The van der Waals surface area contributed by atoms with Crippen LogP contribution in [0.25, 0.3) is 10.9 Å². The molecule has 1 aliphatic heterocycles. The van der Waals surface area contributed by atoms with Crippen molar-refractivity contribution >= 4 is 22.7 Å². The molecule has 2 aromatic rings. The topological polar surface area (TPSA) is 22.1 Å². The van der Waals surface area contributed by atoms with Gasteiger partial charge in [0.05, 0.1) is 12.1 Å². The van der Waals surface area contributed by atoms with Crippen LogP contribution in [0.4, 0.5) is 0 Å². The molecule has 3 heteroatoms. The van der Waals surface area contributed by atoms with Gasteiger partial charge < -0.3 is 4.74 Å². The van der Waals surface area contributed by atoms with Gasteiger partial charge in [-0.2, -0.15) is 0 Å². The molecule has 0 spiro atoms. The second-order valence-corrected chi connectivity index (χ2v) is 7.04. The summed E-state index contributed by atoms with van der Waals surface area (Å²) >= 11 is 2.05. The van der Waals surface area contributed by atoms with E-state index >= 15 is 0 Å². The molecule has 112 valence electrons. The van der Waals surface area contributed by atoms with E-state index in [1.54, 1.807) is 0 Å². The molecule has 1 atom stereocenters. The lowest BCUT2D eigenvalue weighted by Crippen LogP contribution is -1.99. The van der Waals surface area contributed by atoms with Crippen LogP contribution in [0.2, 0.25) is 0 Å². The lowest BCUT2D eigenvalue weighted by Gasteiger charge is -2.08. The Balaban J connectivity index is 1.85. The number of fused-ring (bicyclic) bond motifs is 3. The summed E-state index contributed by atoms with van der Waals surface area (Å²) in [6, 6.07) is 6.34. The van der Waals surface area contributed by atoms with Crippen LogP contribution in [0.1, 0.15) is 45.1 Å². The third-order valence-corrected chi connectivity index (χ3v) is 5.40. The van der Waals surface area contributed by atoms with Crippen molar-refractivity contribution in [3.05, 3.63) is 30.0 Å². The SMILES string of the molecule is CCCCC1Cc2cnc3cc(OCCC)ccc3c2S1. The van der Waals surface area contributed by atoms with Gasteiger partial charge in [0.15, 0.2) is 0 Å². The third-order valence-electron chi connectivity index (χ3n) is 3.95. The Morgan fingerprint density at radius 3 is 3.00 bits per heavy atom. The van der Waals surface area contributed by atoms with Gasteiger partial charge >= 0.3 is 0 Å². The van der Waals surface area contributed by atoms with E-state index in [0.717, 1.165) is 29.5 Å². The maximum atomic E-state index is 5.71. The van der Waals surface area contributed by atoms with Gasteiger partial charge in [-0.1, -0.05) is 26.7 Å². The number of hydrogen-bond acceptors (Lipinski definition) is 3. The molecule has 0 saturated carbocycles. The highest BCUT2D eigenvalue weighted by molar-refractivity contribution is 8.00. The lowest BCUT2D eigenvalue weighted by molar-refractivity contribution is 0.318. The number of benzene rings is 1. The Bertz CT molecular complexity index is 626. The average Bonchev–Trinajstić information content (AvgIpc) is 2.94. The molecule has 0 saturated heterocycles. The van der Waals surface area contributed by atoms with Crippen molar-refractivity contribution in [2.45, 2.75) is 56.1 Å². The Morgan fingerprint density at radius 1 is 1.29 bits per heavy atom. The van der Waals surface area contributed by atoms with Gasteiger partial charge in [0, 0.05) is 27.8 Å². The van der Waals surface area contributed by atoms with Crippen molar-refractivity contribution in [2.24, 2.45) is 0 Å². The molecule has 0 aliphatic carbocycles. The van der Waals surface area contributed by atoms with Crippen LogP contribution in [0.15, 0.2) is 29.3 Å². The van der Waals surface area contributed by atoms with Crippen LogP contribution in [0, 0.1) is 0 Å². The van der Waals surface area contributed by atoms with Gasteiger partial charge in [-0.05, 0) is 37.0 Å². The minimum absolute atomic E-state index is 0.739. The first-order chi connectivity index (χ1) is 10.3. The Labute approximate surface area is 131 Å². The molecule has 0 N–H and O–H groups in total. The van der Waals surface area contributed by atoms with E-state index in [4.69, 9.17) is 4.74 Å². The van der Waals surface area contributed by atoms with E-state index in [0.29, 0.717) is 0 Å². The molecule has 0 fully saturated rings. The molecule has 1 aromatic carbocycles. The first kappa shape index (κ1) is 14.7. The van der Waals surface area contributed by atoms with Gasteiger partial charge in [-0.3, -0.25) is 4.98 Å². The molecule has 1 unspecified atom stereocenters. The van der Waals surface area contributed by atoms with Gasteiger partial charge in [0.25, 0.3) is 0 Å². The molecule has 0 bridgehead atoms. The molecular weight excluding hydrogens is 278 g/mol. The molecular formula is C18H23NOS. The van der Waals surface area contributed by atoms with Crippen LogP contribution in [-0.2, 0) is 6.42 Å². The summed E-state index contributed by atoms with van der Waals surface area (Å²) in [5.74, 6) is 0.933. The number of nitrogens with zero attached hydrogens (tertiary/aromatic N) is 1. The van der Waals surface area contributed by atoms with Gasteiger partial charge in [-0.25, -0.2) is 0 Å². The highest BCUT2D eigenvalue weighted by Gasteiger charge is 2.24. The summed E-state index contributed by atoms with van der Waals surface area (Å²) in [6.45, 7) is 5.16. The predicted octanol–water partition coefficient (Wildman–Crippen LogP) is 5.23. The number of unbranched alkanes of at least 4 members (excludes halogenated alkanes) is 1. The minimum atomic E-state index is 0.739. The standard InChI is InChI=1S/C18H23NOS/c1-3-5-6-15-10-13-12-19-17-11-14(20-9-4-2)7-8-16(17)18(13)21-15/h7-8,11-12,15H,3-6,9-10H2,1-2H3. The smallest absolute Gasteiger partial charge is 0.121 e. The first-order valence-electron chi connectivity index (χ1n) is 8.03. The number of ether oxygens (including phenoxy) is 1. The van der Waals surface area contributed by atoms with E-state index in [1.807, 2.05) is 11.8 Å². The number of thioether (sulfide) groups is 1. The fourth-order valence-corrected chi connectivity index (χ4v) is 4.30. The summed E-state index contributed by atoms with van der Waals surface area (Å²) in [5.41, 5.74) is 2.49. The Morgan fingerprint density at radius 2 is 2.19 bits per heavy atom. The van der Waals surface area contributed by atoms with Crippen molar-refractivity contribution in [3.8, 4) is 5.75 Å². The minimum Gasteiger partial charge on any atom is -0.494 e. The van der Waals surface area contributed by atoms with Gasteiger partial charge in [-0.15, -0.1) is 11.8 Å². The molecule has 21 heavy (non-hydrogen) atoms. The summed E-state index contributed by atoms with van der Waals surface area (Å²) in [4.78, 5) is 6.09. The van der Waals surface area contributed by atoms with Crippen molar-refractivity contribution in [1.82, 2.24) is 4.98 Å². The molecule has 3 rings (SSSR count). The van der Waals surface area contributed by atoms with Crippen LogP contribution in [0.5, 0.6) is 5.75 Å². The number of aromatic nitrogens is 1. The lowest BCUT2D eigenvalue weighted by atomic mass is 10.1. The fourth-order valence-electron chi connectivity index (χ4n) is 2.83. The highest BCUT2D eigenvalue weighted by Crippen LogP contribution is 2.43. The van der Waals surface area contributed by atoms with E-state index in [1.165, 1.54) is 41.5 Å². The molecule has 0 radical (unpaired) electrons. The first-order valence-corrected chi connectivity index (χ1v) is 8.91. The zero-order valence-electron chi connectivity index (χ0n) is 12.9. The Kier molecular flexibility index (Phi) is 4.69. The normalized spacial score (nSPS) is 17.1. The van der Waals surface area contributed by atoms with E-state index in [2.05, 4.69) is 43.2 Å². The average molecular weight is 301 g/mol. The van der Waals surface area contributed by atoms with Crippen molar-refractivity contribution in [3.63, 3.8) is 0 Å². The molecule has 1 aromatic heterocycles. The van der Waals surface area contributed by atoms with Crippen LogP contribution >= 0.6 is 11.8 Å². The maximum Gasteiger partial charge on any atom is 0.121 e. The van der Waals surface area contributed by atoms with Crippen LogP contribution < -0.4 is 4.74 Å². The fraction of sp³-hybridized carbons (Fsp3) is 0.500. The largest absolute Gasteiger partial charge is 0.494 e. The zero-order valence-corrected chi connectivity index (χ0v) is 13.7. The number of hydrogen-bond donors (Lipinski definition) is 0. The highest BCUT2D eigenvalue weighted by atomic mass is 32.2. The predicted molar refractivity (Wildman–Crippen MR) is 90.4 cm³/mol. The van der Waals surface area contributed by atoms with Crippen LogP contribution in [0.3, 0.4) is 0 Å². The third kappa shape index (κ3) is 3.18. The van der Waals surface area contributed by atoms with E-state index in [9.17, 15) is 0 Å². The molecule has 0 amide bonds. The summed E-state index contributed by atoms with van der Waals surface area (Å²) in [5, 5.41) is 2.03. The summed E-state index contributed by atoms with van der Waals surface area (Å²) < 4.78 is 5.71.